The number of amides is 2. The second-order valence-electron chi connectivity index (χ2n) is 7.90. The summed E-state index contributed by atoms with van der Waals surface area (Å²) in [5, 5.41) is 12.3. The number of nitrogens with one attached hydrogen (secondary N) is 1. The summed E-state index contributed by atoms with van der Waals surface area (Å²) in [4.78, 5) is 40.8. The first-order valence-electron chi connectivity index (χ1n) is 10.7. The second-order valence-corrected chi connectivity index (χ2v) is 7.90. The van der Waals surface area contributed by atoms with Gasteiger partial charge in [0.25, 0.3) is 5.91 Å². The molecule has 0 radical (unpaired) electrons. The van der Waals surface area contributed by atoms with Crippen LogP contribution >= 0.6 is 0 Å². The summed E-state index contributed by atoms with van der Waals surface area (Å²) in [6, 6.07) is 21.0. The number of carbonyl (C=O) groups excluding carboxylic acids is 2. The normalized spacial score (nSPS) is 11.9. The van der Waals surface area contributed by atoms with E-state index in [0.29, 0.717) is 11.3 Å². The number of hydrogen-bond acceptors (Lipinski definition) is 5. The molecule has 1 aliphatic rings. The molecule has 0 saturated carbocycles. The van der Waals surface area contributed by atoms with Crippen molar-refractivity contribution in [3.05, 3.63) is 89.0 Å². The molecule has 2 amide bonds. The number of anilines is 1. The Balaban J connectivity index is 1.44. The predicted molar refractivity (Wildman–Crippen MR) is 126 cm³/mol. The van der Waals surface area contributed by atoms with Crippen LogP contribution in [0.15, 0.2) is 66.7 Å². The molecule has 3 aromatic rings. The largest absolute Gasteiger partial charge is 0.479 e. The molecule has 0 fully saturated rings. The number of carboxylic acids is 1. The zero-order valence-electron chi connectivity index (χ0n) is 18.8. The van der Waals surface area contributed by atoms with Gasteiger partial charge in [-0.05, 0) is 46.9 Å². The molecule has 8 heteroatoms. The number of nitrogens with zero attached hydrogens (tertiary/aromatic N) is 1. The summed E-state index contributed by atoms with van der Waals surface area (Å²) in [6.07, 6.45) is -0.634. The van der Waals surface area contributed by atoms with Gasteiger partial charge in [0.15, 0.2) is 6.61 Å². The summed E-state index contributed by atoms with van der Waals surface area (Å²) >= 11 is 0. The molecule has 2 N–H and O–H groups in total. The standard InChI is InChI=1S/C26H24N2O6/c1-16-17(25(31)28(2)34-15-24(29)30)12-7-13-23(16)27-26(32)33-14-22-20-10-5-3-8-18(20)19-9-4-6-11-21(19)22/h3-13,22H,14-15H2,1-2H3,(H,27,32)(H,29,30). The Morgan fingerprint density at radius 2 is 1.56 bits per heavy atom. The zero-order valence-corrected chi connectivity index (χ0v) is 18.8. The fraction of sp³-hybridized carbons (Fsp3) is 0.192. The van der Waals surface area contributed by atoms with E-state index >= 15 is 0 Å². The minimum Gasteiger partial charge on any atom is -0.479 e. The molecule has 0 aromatic heterocycles. The highest BCUT2D eigenvalue weighted by Gasteiger charge is 2.29. The molecule has 0 aliphatic heterocycles. The summed E-state index contributed by atoms with van der Waals surface area (Å²) in [5.41, 5.74) is 5.70. The number of rotatable bonds is 7. The van der Waals surface area contributed by atoms with E-state index in [0.717, 1.165) is 27.3 Å². The predicted octanol–water partition coefficient (Wildman–Crippen LogP) is 4.44. The molecular formula is C26H24N2O6. The van der Waals surface area contributed by atoms with Gasteiger partial charge < -0.3 is 9.84 Å². The van der Waals surface area contributed by atoms with Crippen molar-refractivity contribution in [2.75, 3.05) is 25.6 Å². The third-order valence-corrected chi connectivity index (χ3v) is 5.81. The molecule has 1 aliphatic carbocycles. The molecule has 0 atom stereocenters. The average Bonchev–Trinajstić information content (AvgIpc) is 3.16. The SMILES string of the molecule is Cc1c(NC(=O)OCC2c3ccccc3-c3ccccc32)cccc1C(=O)N(C)OCC(=O)O. The third kappa shape index (κ3) is 4.62. The van der Waals surface area contributed by atoms with Crippen LogP contribution in [0.1, 0.15) is 33.0 Å². The van der Waals surface area contributed by atoms with E-state index in [1.54, 1.807) is 25.1 Å². The van der Waals surface area contributed by atoms with Crippen LogP contribution in [0.5, 0.6) is 0 Å². The van der Waals surface area contributed by atoms with Gasteiger partial charge in [0.05, 0.1) is 0 Å². The van der Waals surface area contributed by atoms with Gasteiger partial charge in [-0.25, -0.2) is 14.7 Å². The van der Waals surface area contributed by atoms with E-state index in [2.05, 4.69) is 17.4 Å². The molecule has 8 nitrogen and oxygen atoms in total. The van der Waals surface area contributed by atoms with E-state index in [1.807, 2.05) is 36.4 Å². The molecule has 3 aromatic carbocycles. The van der Waals surface area contributed by atoms with E-state index in [4.69, 9.17) is 14.7 Å². The Bertz CT molecular complexity index is 1210. The summed E-state index contributed by atoms with van der Waals surface area (Å²) in [5.74, 6) is -1.79. The number of hydroxylamine groups is 2. The first-order chi connectivity index (χ1) is 16.4. The summed E-state index contributed by atoms with van der Waals surface area (Å²) < 4.78 is 5.58. The number of ether oxygens (including phenoxy) is 1. The van der Waals surface area contributed by atoms with Crippen molar-refractivity contribution >= 4 is 23.7 Å². The van der Waals surface area contributed by atoms with Gasteiger partial charge in [-0.1, -0.05) is 54.6 Å². The lowest BCUT2D eigenvalue weighted by atomic mass is 9.98. The Morgan fingerprint density at radius 3 is 2.18 bits per heavy atom. The van der Waals surface area contributed by atoms with Crippen molar-refractivity contribution in [2.45, 2.75) is 12.8 Å². The smallest absolute Gasteiger partial charge is 0.411 e. The monoisotopic (exact) mass is 460 g/mol. The van der Waals surface area contributed by atoms with Crippen molar-refractivity contribution < 1.29 is 29.1 Å². The number of hydrogen-bond donors (Lipinski definition) is 2. The van der Waals surface area contributed by atoms with Gasteiger partial charge in [0, 0.05) is 24.2 Å². The molecule has 0 unspecified atom stereocenters. The number of carboxylic acid groups (broad SMARTS) is 1. The highest BCUT2D eigenvalue weighted by Crippen LogP contribution is 2.44. The lowest BCUT2D eigenvalue weighted by molar-refractivity contribution is -0.159. The van der Waals surface area contributed by atoms with Crippen molar-refractivity contribution in [1.29, 1.82) is 0 Å². The molecule has 174 valence electrons. The van der Waals surface area contributed by atoms with Crippen LogP contribution in [0.25, 0.3) is 11.1 Å². The minimum atomic E-state index is -1.19. The maximum Gasteiger partial charge on any atom is 0.411 e. The second kappa shape index (κ2) is 9.76. The molecule has 0 bridgehead atoms. The van der Waals surface area contributed by atoms with E-state index in [9.17, 15) is 14.4 Å². The maximum atomic E-state index is 12.6. The van der Waals surface area contributed by atoms with Crippen LogP contribution in [0.4, 0.5) is 10.5 Å². The summed E-state index contributed by atoms with van der Waals surface area (Å²) in [6.45, 7) is 1.21. The average molecular weight is 460 g/mol. The van der Waals surface area contributed by atoms with Gasteiger partial charge >= 0.3 is 12.1 Å². The van der Waals surface area contributed by atoms with Crippen LogP contribution in [0, 0.1) is 6.92 Å². The molecule has 4 rings (SSSR count). The number of benzene rings is 3. The first kappa shape index (κ1) is 23.0. The zero-order chi connectivity index (χ0) is 24.2. The van der Waals surface area contributed by atoms with Crippen LogP contribution in [-0.4, -0.2) is 48.4 Å². The maximum absolute atomic E-state index is 12.6. The van der Waals surface area contributed by atoms with Gasteiger partial charge in [0.1, 0.15) is 6.61 Å². The quantitative estimate of drug-likeness (QED) is 0.505. The van der Waals surface area contributed by atoms with Crippen LogP contribution < -0.4 is 5.32 Å². The Hall–Kier alpha value is -4.17. The molecule has 0 spiro atoms. The van der Waals surface area contributed by atoms with Crippen molar-refractivity contribution in [3.8, 4) is 11.1 Å². The Kier molecular flexibility index (Phi) is 6.60. The molecule has 34 heavy (non-hydrogen) atoms. The number of carbonyl (C=O) groups is 3. The fourth-order valence-electron chi connectivity index (χ4n) is 4.13. The first-order valence-corrected chi connectivity index (χ1v) is 10.7. The van der Waals surface area contributed by atoms with Gasteiger partial charge in [-0.3, -0.25) is 14.9 Å². The Labute approximate surface area is 196 Å². The van der Waals surface area contributed by atoms with Gasteiger partial charge in [-0.15, -0.1) is 0 Å². The lowest BCUT2D eigenvalue weighted by Crippen LogP contribution is -2.30. The molecule has 0 saturated heterocycles. The van der Waals surface area contributed by atoms with E-state index in [1.165, 1.54) is 7.05 Å². The summed E-state index contributed by atoms with van der Waals surface area (Å²) in [7, 11) is 1.33. The van der Waals surface area contributed by atoms with E-state index < -0.39 is 24.6 Å². The van der Waals surface area contributed by atoms with Crippen molar-refractivity contribution in [1.82, 2.24) is 5.06 Å². The van der Waals surface area contributed by atoms with Crippen molar-refractivity contribution in [2.24, 2.45) is 0 Å². The fourth-order valence-corrected chi connectivity index (χ4v) is 4.13. The highest BCUT2D eigenvalue weighted by molar-refractivity contribution is 5.98. The van der Waals surface area contributed by atoms with Crippen LogP contribution in [0.3, 0.4) is 0 Å². The number of fused-ring (bicyclic) bond motifs is 3. The highest BCUT2D eigenvalue weighted by atomic mass is 16.7. The van der Waals surface area contributed by atoms with E-state index in [-0.39, 0.29) is 18.1 Å². The molecular weight excluding hydrogens is 436 g/mol. The number of aliphatic carboxylic acids is 1. The Morgan fingerprint density at radius 1 is 0.941 bits per heavy atom. The topological polar surface area (TPSA) is 105 Å². The van der Waals surface area contributed by atoms with Crippen molar-refractivity contribution in [3.63, 3.8) is 0 Å². The lowest BCUT2D eigenvalue weighted by Gasteiger charge is -2.18. The third-order valence-electron chi connectivity index (χ3n) is 5.81. The minimum absolute atomic E-state index is 0.0628. The van der Waals surface area contributed by atoms with Crippen LogP contribution in [0.2, 0.25) is 0 Å². The van der Waals surface area contributed by atoms with Gasteiger partial charge in [0.2, 0.25) is 0 Å². The van der Waals surface area contributed by atoms with Crippen LogP contribution in [-0.2, 0) is 14.4 Å². The van der Waals surface area contributed by atoms with Gasteiger partial charge in [-0.2, -0.15) is 0 Å². The molecule has 0 heterocycles.